The van der Waals surface area contributed by atoms with Gasteiger partial charge in [-0.15, -0.1) is 0 Å². The molecule has 0 radical (unpaired) electrons. The van der Waals surface area contributed by atoms with E-state index in [9.17, 15) is 53.5 Å². The maximum atomic E-state index is 13.9. The monoisotopic (exact) mass is 494 g/mol. The fourth-order valence-electron chi connectivity index (χ4n) is 1.87. The van der Waals surface area contributed by atoms with Gasteiger partial charge in [-0.05, 0) is 13.8 Å². The average molecular weight is 494 g/mol. The van der Waals surface area contributed by atoms with Gasteiger partial charge in [0, 0.05) is 0 Å². The Bertz CT molecular complexity index is 723. The molecule has 186 valence electrons. The van der Waals surface area contributed by atoms with Crippen LogP contribution in [-0.4, -0.2) is 67.8 Å². The zero-order valence-corrected chi connectivity index (χ0v) is 16.4. The fraction of sp³-hybridized carbons (Fsp3) is 0.867. The smallest absolute Gasteiger partial charge is 0.312 e. The summed E-state index contributed by atoms with van der Waals surface area (Å²) in [6.45, 7) is -2.98. The van der Waals surface area contributed by atoms with Crippen LogP contribution in [0.25, 0.3) is 0 Å². The summed E-state index contributed by atoms with van der Waals surface area (Å²) in [6.07, 6.45) is -24.7. The molecule has 0 heterocycles. The number of aliphatic imine (C=N–C) groups is 2. The average Bonchev–Trinajstić information content (AvgIpc) is 2.62. The second-order valence-corrected chi connectivity index (χ2v) is 6.27. The van der Waals surface area contributed by atoms with Gasteiger partial charge in [-0.1, -0.05) is 6.92 Å². The molecule has 0 saturated carbocycles. The highest BCUT2D eigenvalue weighted by Crippen LogP contribution is 2.44. The Hall–Kier alpha value is -2.06. The lowest BCUT2D eigenvalue weighted by molar-refractivity contribution is -0.422. The van der Waals surface area contributed by atoms with E-state index >= 15 is 0 Å². The molecule has 0 aromatic carbocycles. The summed E-state index contributed by atoms with van der Waals surface area (Å²) in [5, 5.41) is 0. The first-order chi connectivity index (χ1) is 14.2. The van der Waals surface area contributed by atoms with E-state index in [0.29, 0.717) is 26.0 Å². The van der Waals surface area contributed by atoms with Crippen molar-refractivity contribution in [2.45, 2.75) is 63.3 Å². The van der Waals surface area contributed by atoms with Crippen molar-refractivity contribution in [3.8, 4) is 0 Å². The molecule has 0 aromatic heterocycles. The molecule has 0 aliphatic carbocycles. The highest BCUT2D eigenvalue weighted by atomic mass is 19.3. The quantitative estimate of drug-likeness (QED) is 0.206. The molecule has 3 atom stereocenters. The van der Waals surface area contributed by atoms with Gasteiger partial charge in [0.15, 0.2) is 0 Å². The lowest BCUT2D eigenvalue weighted by atomic mass is 10.0. The van der Waals surface area contributed by atoms with Crippen LogP contribution in [0.2, 0.25) is 0 Å². The van der Waals surface area contributed by atoms with E-state index in [-0.39, 0.29) is 6.92 Å². The molecule has 7 nitrogen and oxygen atoms in total. The molecular weight excluding hydrogens is 478 g/mol. The number of hydrogen-bond acceptors (Lipinski definition) is 7. The van der Waals surface area contributed by atoms with E-state index < -0.39 is 61.6 Å². The molecule has 0 fully saturated rings. The number of ether oxygens (including phenoxy) is 3. The largest absolute Gasteiger partial charge is 0.422 e. The summed E-state index contributed by atoms with van der Waals surface area (Å²) in [5.74, 6) is -8.29. The van der Waals surface area contributed by atoms with Gasteiger partial charge in [-0.2, -0.15) is 53.9 Å². The topological polar surface area (TPSA) is 86.6 Å². The van der Waals surface area contributed by atoms with Gasteiger partial charge in [0.25, 0.3) is 0 Å². The first kappa shape index (κ1) is 29.9. The van der Waals surface area contributed by atoms with Crippen molar-refractivity contribution < 1.29 is 67.7 Å². The van der Waals surface area contributed by atoms with Crippen molar-refractivity contribution in [3.63, 3.8) is 0 Å². The molecule has 3 unspecified atom stereocenters. The van der Waals surface area contributed by atoms with E-state index in [2.05, 4.69) is 24.2 Å². The molecule has 0 rings (SSSR count). The van der Waals surface area contributed by atoms with Crippen LogP contribution in [0, 0.1) is 5.92 Å². The maximum absolute atomic E-state index is 13.9. The molecule has 0 saturated heterocycles. The predicted molar refractivity (Wildman–Crippen MR) is 82.1 cm³/mol. The molecule has 0 aromatic rings. The Balaban J connectivity index is 5.43. The van der Waals surface area contributed by atoms with Crippen molar-refractivity contribution in [1.82, 2.24) is 0 Å². The third-order valence-electron chi connectivity index (χ3n) is 3.76. The van der Waals surface area contributed by atoms with Crippen LogP contribution in [0.3, 0.4) is 0 Å². The van der Waals surface area contributed by atoms with Crippen LogP contribution in [0.15, 0.2) is 9.98 Å². The Morgan fingerprint density at radius 1 is 0.750 bits per heavy atom. The van der Waals surface area contributed by atoms with Crippen molar-refractivity contribution in [2.24, 2.45) is 15.9 Å². The van der Waals surface area contributed by atoms with Gasteiger partial charge in [-0.3, -0.25) is 4.74 Å². The number of halogens is 10. The third-order valence-corrected chi connectivity index (χ3v) is 3.76. The predicted octanol–water partition coefficient (Wildman–Crippen LogP) is 4.13. The number of rotatable bonds is 14. The minimum atomic E-state index is -5.72. The Morgan fingerprint density at radius 3 is 1.62 bits per heavy atom. The molecule has 17 heteroatoms. The fourth-order valence-corrected chi connectivity index (χ4v) is 1.87. The highest BCUT2D eigenvalue weighted by molar-refractivity contribution is 5.33. The van der Waals surface area contributed by atoms with Gasteiger partial charge in [0.1, 0.15) is 19.2 Å². The van der Waals surface area contributed by atoms with Crippen molar-refractivity contribution in [1.29, 1.82) is 0 Å². The van der Waals surface area contributed by atoms with Gasteiger partial charge in [-0.25, -0.2) is 9.59 Å². The molecule has 0 aliphatic heterocycles. The number of hydrogen-bond donors (Lipinski definition) is 0. The lowest BCUT2D eigenvalue weighted by Crippen LogP contribution is -2.55. The van der Waals surface area contributed by atoms with Crippen molar-refractivity contribution in [3.05, 3.63) is 0 Å². The van der Waals surface area contributed by atoms with Gasteiger partial charge >= 0.3 is 30.4 Å². The van der Waals surface area contributed by atoms with Gasteiger partial charge < -0.3 is 9.47 Å². The second-order valence-electron chi connectivity index (χ2n) is 6.27. The minimum absolute atomic E-state index is 0.0652. The molecular formula is C15H16F10N2O5. The molecule has 0 amide bonds. The number of isocyanates is 2. The number of alkyl halides is 10. The van der Waals surface area contributed by atoms with E-state index in [1.807, 2.05) is 0 Å². The molecule has 32 heavy (non-hydrogen) atoms. The molecule has 0 aliphatic rings. The SMILES string of the molecule is CC(OC(F)(F)C(F)(F)C(C)OC(F)(F)CN=C=O)C(C)C(F)(F)OC(F)(F)CN=C=O. The summed E-state index contributed by atoms with van der Waals surface area (Å²) in [5.41, 5.74) is 0. The van der Waals surface area contributed by atoms with E-state index in [1.54, 1.807) is 0 Å². The molecule has 0 N–H and O–H groups in total. The Kier molecular flexibility index (Phi) is 10.0. The van der Waals surface area contributed by atoms with Crippen LogP contribution in [0.5, 0.6) is 0 Å². The van der Waals surface area contributed by atoms with Crippen LogP contribution in [-0.2, 0) is 23.8 Å². The number of nitrogens with zero attached hydrogens (tertiary/aromatic N) is 2. The first-order valence-corrected chi connectivity index (χ1v) is 8.27. The highest BCUT2D eigenvalue weighted by Gasteiger charge is 2.65. The lowest BCUT2D eigenvalue weighted by Gasteiger charge is -2.36. The first-order valence-electron chi connectivity index (χ1n) is 8.27. The van der Waals surface area contributed by atoms with Gasteiger partial charge in [0.2, 0.25) is 12.2 Å². The van der Waals surface area contributed by atoms with Crippen molar-refractivity contribution in [2.75, 3.05) is 13.1 Å². The minimum Gasteiger partial charge on any atom is -0.312 e. The summed E-state index contributed by atoms with van der Waals surface area (Å²) in [6, 6.07) is 0. The van der Waals surface area contributed by atoms with Gasteiger partial charge in [0.05, 0.1) is 12.0 Å². The Morgan fingerprint density at radius 2 is 1.19 bits per heavy atom. The Labute approximate surface area is 173 Å². The summed E-state index contributed by atoms with van der Waals surface area (Å²) < 4.78 is 146. The zero-order valence-electron chi connectivity index (χ0n) is 16.4. The van der Waals surface area contributed by atoms with Crippen LogP contribution in [0.1, 0.15) is 20.8 Å². The maximum Gasteiger partial charge on any atom is 0.422 e. The van der Waals surface area contributed by atoms with Crippen LogP contribution in [0.4, 0.5) is 43.9 Å². The summed E-state index contributed by atoms with van der Waals surface area (Å²) in [4.78, 5) is 24.3. The third kappa shape index (κ3) is 8.47. The number of carbonyl (C=O) groups excluding carboxylic acids is 2. The van der Waals surface area contributed by atoms with E-state index in [4.69, 9.17) is 0 Å². The van der Waals surface area contributed by atoms with Crippen molar-refractivity contribution >= 4 is 12.2 Å². The van der Waals surface area contributed by atoms with Crippen LogP contribution < -0.4 is 0 Å². The standard InChI is InChI=1S/C15H16F10N2O5/c1-8(14(22,23)32-12(18,19)5-27-7-29)9(2)30-15(24,25)13(20,21)10(3)31-11(16,17)4-26-6-28/h8-10H,4-5H2,1-3H3. The molecule has 0 spiro atoms. The normalized spacial score (nSPS) is 16.5. The van der Waals surface area contributed by atoms with Crippen LogP contribution >= 0.6 is 0 Å². The zero-order chi connectivity index (χ0) is 25.6. The van der Waals surface area contributed by atoms with E-state index in [0.717, 1.165) is 0 Å². The summed E-state index contributed by atoms with van der Waals surface area (Å²) >= 11 is 0. The molecule has 0 bridgehead atoms. The second kappa shape index (κ2) is 10.7. The van der Waals surface area contributed by atoms with E-state index in [1.165, 1.54) is 0 Å². The summed E-state index contributed by atoms with van der Waals surface area (Å²) in [7, 11) is 0.